The molecule has 3 rings (SSSR count). The predicted molar refractivity (Wildman–Crippen MR) is 150 cm³/mol. The van der Waals surface area contributed by atoms with Crippen molar-refractivity contribution in [3.05, 3.63) is 47.0 Å². The maximum absolute atomic E-state index is 12.9. The number of nitrogen functional groups attached to an aromatic ring is 1. The predicted octanol–water partition coefficient (Wildman–Crippen LogP) is 5.52. The molecule has 0 unspecified atom stereocenters. The number of nitrogens with two attached hydrogens (primary N) is 1. The SMILES string of the molecule is CC(C)(C)OC(=O)Nc1cc(-c2cccc(/C=C3\SC(=S)N(CCCCCC(=O)O)C3=O)n2)ccc1N. The number of aliphatic carboxylic acids is 1. The van der Waals surface area contributed by atoms with Crippen LogP contribution in [0.2, 0.25) is 0 Å². The number of benzene rings is 1. The van der Waals surface area contributed by atoms with E-state index >= 15 is 0 Å². The average molecular weight is 543 g/mol. The molecule has 4 N–H and O–H groups in total. The van der Waals surface area contributed by atoms with Gasteiger partial charge in [0.1, 0.15) is 9.92 Å². The van der Waals surface area contributed by atoms with E-state index in [2.05, 4.69) is 10.3 Å². The first-order valence-electron chi connectivity index (χ1n) is 11.8. The summed E-state index contributed by atoms with van der Waals surface area (Å²) in [7, 11) is 0. The minimum Gasteiger partial charge on any atom is -0.481 e. The molecule has 1 fully saturated rings. The molecule has 0 bridgehead atoms. The second-order valence-corrected chi connectivity index (χ2v) is 11.1. The highest BCUT2D eigenvalue weighted by molar-refractivity contribution is 8.26. The third kappa shape index (κ3) is 8.29. The number of aromatic nitrogens is 1. The number of unbranched alkanes of at least 4 members (excludes halogenated alkanes) is 2. The Hall–Kier alpha value is -3.44. The Morgan fingerprint density at radius 2 is 1.97 bits per heavy atom. The Morgan fingerprint density at radius 1 is 1.22 bits per heavy atom. The maximum atomic E-state index is 12.9. The fourth-order valence-corrected chi connectivity index (χ4v) is 4.77. The number of hydrogen-bond acceptors (Lipinski definition) is 8. The van der Waals surface area contributed by atoms with E-state index in [0.717, 1.165) is 5.56 Å². The van der Waals surface area contributed by atoms with E-state index in [1.165, 1.54) is 11.8 Å². The van der Waals surface area contributed by atoms with Gasteiger partial charge in [0, 0.05) is 18.5 Å². The molecule has 2 aromatic rings. The number of rotatable bonds is 9. The van der Waals surface area contributed by atoms with Crippen LogP contribution in [-0.2, 0) is 14.3 Å². The minimum atomic E-state index is -0.822. The van der Waals surface area contributed by atoms with Crippen molar-refractivity contribution in [3.63, 3.8) is 0 Å². The summed E-state index contributed by atoms with van der Waals surface area (Å²) in [6.45, 7) is 5.78. The number of anilines is 2. The topological polar surface area (TPSA) is 135 Å². The Balaban J connectivity index is 1.72. The van der Waals surface area contributed by atoms with Crippen LogP contribution in [0.4, 0.5) is 16.2 Å². The summed E-state index contributed by atoms with van der Waals surface area (Å²) < 4.78 is 5.78. The number of thiocarbonyl (C=S) groups is 1. The van der Waals surface area contributed by atoms with Gasteiger partial charge in [-0.15, -0.1) is 0 Å². The Bertz CT molecular complexity index is 1240. The summed E-state index contributed by atoms with van der Waals surface area (Å²) in [5.74, 6) is -1.01. The van der Waals surface area contributed by atoms with E-state index in [-0.39, 0.29) is 12.3 Å². The lowest BCUT2D eigenvalue weighted by molar-refractivity contribution is -0.137. The Labute approximate surface area is 225 Å². The van der Waals surface area contributed by atoms with Crippen LogP contribution in [0.15, 0.2) is 41.3 Å². The fourth-order valence-electron chi connectivity index (χ4n) is 3.48. The largest absolute Gasteiger partial charge is 0.481 e. The van der Waals surface area contributed by atoms with E-state index in [0.29, 0.717) is 57.8 Å². The average Bonchev–Trinajstić information content (AvgIpc) is 3.06. The number of amides is 2. The third-order valence-corrected chi connectivity index (χ3v) is 6.56. The number of carboxylic acid groups (broad SMARTS) is 1. The first-order valence-corrected chi connectivity index (χ1v) is 13.0. The number of carbonyl (C=O) groups is 3. The molecule has 9 nitrogen and oxygen atoms in total. The van der Waals surface area contributed by atoms with Gasteiger partial charge in [-0.2, -0.15) is 0 Å². The molecule has 0 aliphatic carbocycles. The van der Waals surface area contributed by atoms with Crippen LogP contribution in [0.3, 0.4) is 0 Å². The van der Waals surface area contributed by atoms with Gasteiger partial charge in [0.05, 0.1) is 27.7 Å². The first kappa shape index (κ1) is 28.1. The van der Waals surface area contributed by atoms with Gasteiger partial charge in [0.25, 0.3) is 5.91 Å². The van der Waals surface area contributed by atoms with Gasteiger partial charge in [-0.3, -0.25) is 19.8 Å². The van der Waals surface area contributed by atoms with Crippen molar-refractivity contribution in [3.8, 4) is 11.3 Å². The van der Waals surface area contributed by atoms with E-state index in [1.807, 2.05) is 12.1 Å². The third-order valence-electron chi connectivity index (χ3n) is 5.18. The molecule has 11 heteroatoms. The molecule has 1 aromatic heterocycles. The number of carbonyl (C=O) groups excluding carboxylic acids is 2. The van der Waals surface area contributed by atoms with Crippen molar-refractivity contribution in [2.24, 2.45) is 0 Å². The molecule has 0 saturated carbocycles. The summed E-state index contributed by atoms with van der Waals surface area (Å²) in [4.78, 5) is 42.4. The molecule has 0 spiro atoms. The van der Waals surface area contributed by atoms with Crippen molar-refractivity contribution in [2.45, 2.75) is 52.1 Å². The highest BCUT2D eigenvalue weighted by Gasteiger charge is 2.31. The normalized spacial score (nSPS) is 14.8. The smallest absolute Gasteiger partial charge is 0.412 e. The van der Waals surface area contributed by atoms with Crippen molar-refractivity contribution in [1.29, 1.82) is 0 Å². The van der Waals surface area contributed by atoms with E-state index in [1.54, 1.807) is 56.0 Å². The number of nitrogens with one attached hydrogen (secondary N) is 1. The Morgan fingerprint density at radius 3 is 2.68 bits per heavy atom. The zero-order valence-corrected chi connectivity index (χ0v) is 22.6. The van der Waals surface area contributed by atoms with E-state index < -0.39 is 17.7 Å². The molecule has 37 heavy (non-hydrogen) atoms. The molecule has 1 aliphatic rings. The molecular formula is C26H30N4O5S2. The zero-order valence-electron chi connectivity index (χ0n) is 20.9. The van der Waals surface area contributed by atoms with Gasteiger partial charge in [-0.1, -0.05) is 42.5 Å². The summed E-state index contributed by atoms with van der Waals surface area (Å²) in [5.41, 5.74) is 8.13. The van der Waals surface area contributed by atoms with Crippen molar-refractivity contribution >= 4 is 63.7 Å². The van der Waals surface area contributed by atoms with Gasteiger partial charge in [-0.25, -0.2) is 9.78 Å². The van der Waals surface area contributed by atoms with Crippen LogP contribution >= 0.6 is 24.0 Å². The van der Waals surface area contributed by atoms with Crippen LogP contribution in [0, 0.1) is 0 Å². The Kier molecular flexibility index (Phi) is 9.28. The number of thioether (sulfide) groups is 1. The number of ether oxygens (including phenoxy) is 1. The standard InChI is InChI=1S/C26H30N4O5S2/c1-26(2,3)35-24(34)29-20-14-16(11-12-18(20)27)19-9-7-8-17(28-19)15-21-23(33)30(25(36)37-21)13-6-4-5-10-22(31)32/h7-9,11-12,14-15H,4-6,10,13,27H2,1-3H3,(H,29,34)(H,31,32)/b21-15-. The van der Waals surface area contributed by atoms with Crippen LogP contribution in [0.1, 0.15) is 52.1 Å². The van der Waals surface area contributed by atoms with Crippen molar-refractivity contribution < 1.29 is 24.2 Å². The van der Waals surface area contributed by atoms with E-state index in [4.69, 9.17) is 27.8 Å². The molecule has 196 valence electrons. The highest BCUT2D eigenvalue weighted by Crippen LogP contribution is 2.33. The summed E-state index contributed by atoms with van der Waals surface area (Å²) in [5, 5.41) is 11.4. The zero-order chi connectivity index (χ0) is 27.2. The highest BCUT2D eigenvalue weighted by atomic mass is 32.2. The lowest BCUT2D eigenvalue weighted by atomic mass is 10.1. The molecule has 2 amide bonds. The molecule has 0 atom stereocenters. The second-order valence-electron chi connectivity index (χ2n) is 9.41. The minimum absolute atomic E-state index is 0.118. The van der Waals surface area contributed by atoms with Crippen LogP contribution in [0.5, 0.6) is 0 Å². The molecule has 1 aromatic carbocycles. The van der Waals surface area contributed by atoms with Crippen molar-refractivity contribution in [1.82, 2.24) is 9.88 Å². The number of pyridine rings is 1. The monoisotopic (exact) mass is 542 g/mol. The molecular weight excluding hydrogens is 512 g/mol. The summed E-state index contributed by atoms with van der Waals surface area (Å²) in [6, 6.07) is 10.6. The molecule has 1 saturated heterocycles. The molecule has 2 heterocycles. The first-order chi connectivity index (χ1) is 17.4. The lowest BCUT2D eigenvalue weighted by Crippen LogP contribution is -2.29. The van der Waals surface area contributed by atoms with Crippen LogP contribution in [0.25, 0.3) is 17.3 Å². The number of carboxylic acids is 1. The lowest BCUT2D eigenvalue weighted by Gasteiger charge is -2.20. The second kappa shape index (κ2) is 12.2. The molecule has 0 radical (unpaired) electrons. The summed E-state index contributed by atoms with van der Waals surface area (Å²) in [6.07, 6.45) is 3.16. The quantitative estimate of drug-likeness (QED) is 0.162. The molecule has 1 aliphatic heterocycles. The van der Waals surface area contributed by atoms with Gasteiger partial charge in [0.15, 0.2) is 0 Å². The van der Waals surface area contributed by atoms with E-state index in [9.17, 15) is 14.4 Å². The maximum Gasteiger partial charge on any atom is 0.412 e. The number of hydrogen-bond donors (Lipinski definition) is 3. The van der Waals surface area contributed by atoms with Crippen LogP contribution in [-0.4, -0.2) is 49.4 Å². The summed E-state index contributed by atoms with van der Waals surface area (Å²) >= 11 is 6.60. The van der Waals surface area contributed by atoms with Gasteiger partial charge < -0.3 is 15.6 Å². The van der Waals surface area contributed by atoms with Gasteiger partial charge in [0.2, 0.25) is 0 Å². The van der Waals surface area contributed by atoms with Crippen LogP contribution < -0.4 is 11.1 Å². The fraction of sp³-hybridized carbons (Fsp3) is 0.346. The number of nitrogens with zero attached hydrogens (tertiary/aromatic N) is 2. The van der Waals surface area contributed by atoms with Gasteiger partial charge >= 0.3 is 12.1 Å². The van der Waals surface area contributed by atoms with Crippen molar-refractivity contribution in [2.75, 3.05) is 17.6 Å². The van der Waals surface area contributed by atoms with Gasteiger partial charge in [-0.05, 0) is 64.0 Å².